The third-order valence-corrected chi connectivity index (χ3v) is 2.42. The Morgan fingerprint density at radius 1 is 1.32 bits per heavy atom. The topological polar surface area (TPSA) is 58.2 Å². The van der Waals surface area contributed by atoms with Crippen LogP contribution in [0, 0.1) is 6.92 Å². The van der Waals surface area contributed by atoms with Gasteiger partial charge in [-0.05, 0) is 24.6 Å². The van der Waals surface area contributed by atoms with Crippen molar-refractivity contribution in [1.29, 1.82) is 0 Å². The lowest BCUT2D eigenvalue weighted by Crippen LogP contribution is -2.35. The third-order valence-electron chi connectivity index (χ3n) is 2.18. The SMILES string of the molecule is Cc1ccc(NC(=O)NC(=O)CCl)cc1C(F)(F)F. The molecule has 2 N–H and O–H groups in total. The zero-order valence-corrected chi connectivity index (χ0v) is 10.5. The molecule has 0 radical (unpaired) electrons. The minimum Gasteiger partial charge on any atom is -0.308 e. The quantitative estimate of drug-likeness (QED) is 0.824. The molecule has 0 unspecified atom stereocenters. The molecule has 0 saturated carbocycles. The molecule has 0 heterocycles. The number of hydrogen-bond donors (Lipinski definition) is 2. The summed E-state index contributed by atoms with van der Waals surface area (Å²) in [6, 6.07) is 2.37. The number of aryl methyl sites for hydroxylation is 1. The second-order valence-corrected chi connectivity index (χ2v) is 3.93. The number of imide groups is 1. The molecule has 3 amide bonds. The molecule has 8 heteroatoms. The van der Waals surface area contributed by atoms with Crippen LogP contribution in [0.5, 0.6) is 0 Å². The summed E-state index contributed by atoms with van der Waals surface area (Å²) in [6.45, 7) is 1.31. The van der Waals surface area contributed by atoms with Gasteiger partial charge in [0.25, 0.3) is 0 Å². The highest BCUT2D eigenvalue weighted by Gasteiger charge is 2.32. The van der Waals surface area contributed by atoms with Crippen molar-refractivity contribution in [3.05, 3.63) is 29.3 Å². The summed E-state index contributed by atoms with van der Waals surface area (Å²) in [5.74, 6) is -1.17. The molecule has 4 nitrogen and oxygen atoms in total. The van der Waals surface area contributed by atoms with E-state index in [2.05, 4.69) is 5.32 Å². The minimum atomic E-state index is -4.51. The second-order valence-electron chi connectivity index (χ2n) is 3.66. The van der Waals surface area contributed by atoms with Gasteiger partial charge in [0, 0.05) is 5.69 Å². The number of nitrogens with one attached hydrogen (secondary N) is 2. The zero-order chi connectivity index (χ0) is 14.6. The number of anilines is 1. The van der Waals surface area contributed by atoms with E-state index in [4.69, 9.17) is 11.6 Å². The predicted molar refractivity (Wildman–Crippen MR) is 64.1 cm³/mol. The molecule has 0 aliphatic carbocycles. The van der Waals surface area contributed by atoms with Gasteiger partial charge in [-0.3, -0.25) is 10.1 Å². The Labute approximate surface area is 111 Å². The summed E-state index contributed by atoms with van der Waals surface area (Å²) in [5, 5.41) is 3.97. The fourth-order valence-electron chi connectivity index (χ4n) is 1.33. The number of rotatable bonds is 2. The second kappa shape index (κ2) is 5.92. The highest BCUT2D eigenvalue weighted by molar-refractivity contribution is 6.28. The standard InChI is InChI=1S/C11H10ClF3N2O2/c1-6-2-3-7(4-8(6)11(13,14)15)16-10(19)17-9(18)5-12/h2-4H,5H2,1H3,(H2,16,17,18,19). The Balaban J connectivity index is 2.86. The molecule has 0 atom stereocenters. The molecule has 0 aliphatic heterocycles. The van der Waals surface area contributed by atoms with Crippen molar-refractivity contribution in [3.63, 3.8) is 0 Å². The number of amides is 3. The van der Waals surface area contributed by atoms with Crippen LogP contribution in [-0.4, -0.2) is 17.8 Å². The van der Waals surface area contributed by atoms with Gasteiger partial charge in [0.2, 0.25) is 5.91 Å². The number of carbonyl (C=O) groups is 2. The van der Waals surface area contributed by atoms with Crippen LogP contribution >= 0.6 is 11.6 Å². The van der Waals surface area contributed by atoms with Crippen LogP contribution in [0.2, 0.25) is 0 Å². The van der Waals surface area contributed by atoms with Crippen LogP contribution in [0.25, 0.3) is 0 Å². The van der Waals surface area contributed by atoms with E-state index in [0.717, 1.165) is 6.07 Å². The molecular weight excluding hydrogens is 285 g/mol. The van der Waals surface area contributed by atoms with E-state index in [1.165, 1.54) is 19.1 Å². The molecule has 1 aromatic rings. The number of alkyl halides is 4. The van der Waals surface area contributed by atoms with E-state index in [9.17, 15) is 22.8 Å². The third kappa shape index (κ3) is 4.44. The first kappa shape index (κ1) is 15.3. The number of benzene rings is 1. The highest BCUT2D eigenvalue weighted by atomic mass is 35.5. The first-order valence-corrected chi connectivity index (χ1v) is 5.62. The van der Waals surface area contributed by atoms with E-state index in [1.807, 2.05) is 5.32 Å². The van der Waals surface area contributed by atoms with Gasteiger partial charge in [-0.25, -0.2) is 4.79 Å². The number of urea groups is 1. The lowest BCUT2D eigenvalue weighted by Gasteiger charge is -2.12. The fraction of sp³-hybridized carbons (Fsp3) is 0.273. The number of halogens is 4. The van der Waals surface area contributed by atoms with Gasteiger partial charge >= 0.3 is 12.2 Å². The molecule has 104 valence electrons. The summed E-state index contributed by atoms with van der Waals surface area (Å²) in [6.07, 6.45) is -4.51. The molecular formula is C11H10ClF3N2O2. The van der Waals surface area contributed by atoms with Crippen LogP contribution in [0.15, 0.2) is 18.2 Å². The smallest absolute Gasteiger partial charge is 0.308 e. The van der Waals surface area contributed by atoms with Crippen LogP contribution in [0.1, 0.15) is 11.1 Å². The lowest BCUT2D eigenvalue weighted by molar-refractivity contribution is -0.138. The first-order chi connectivity index (χ1) is 8.74. The largest absolute Gasteiger partial charge is 0.416 e. The summed E-state index contributed by atoms with van der Waals surface area (Å²) < 4.78 is 37.9. The molecule has 19 heavy (non-hydrogen) atoms. The fourth-order valence-corrected chi connectivity index (χ4v) is 1.39. The Morgan fingerprint density at radius 3 is 2.47 bits per heavy atom. The van der Waals surface area contributed by atoms with E-state index in [0.29, 0.717) is 0 Å². The molecule has 0 aliphatic rings. The molecule has 1 rings (SSSR count). The van der Waals surface area contributed by atoms with Crippen LogP contribution in [-0.2, 0) is 11.0 Å². The summed E-state index contributed by atoms with van der Waals surface area (Å²) in [5.41, 5.74) is -0.887. The Hall–Kier alpha value is -1.76. The summed E-state index contributed by atoms with van der Waals surface area (Å²) in [4.78, 5) is 22.1. The maximum atomic E-state index is 12.6. The van der Waals surface area contributed by atoms with Crippen molar-refractivity contribution >= 4 is 29.2 Å². The van der Waals surface area contributed by atoms with E-state index in [-0.39, 0.29) is 11.3 Å². The van der Waals surface area contributed by atoms with Crippen molar-refractivity contribution in [1.82, 2.24) is 5.32 Å². The van der Waals surface area contributed by atoms with Gasteiger partial charge in [-0.2, -0.15) is 13.2 Å². The van der Waals surface area contributed by atoms with Crippen LogP contribution in [0.4, 0.5) is 23.7 Å². The van der Waals surface area contributed by atoms with Gasteiger partial charge in [-0.1, -0.05) is 6.07 Å². The maximum Gasteiger partial charge on any atom is 0.416 e. The minimum absolute atomic E-state index is 0.0373. The molecule has 1 aromatic carbocycles. The van der Waals surface area contributed by atoms with Crippen molar-refractivity contribution in [2.45, 2.75) is 13.1 Å². The van der Waals surface area contributed by atoms with E-state index < -0.39 is 29.6 Å². The molecule has 0 fully saturated rings. The number of carbonyl (C=O) groups excluding carboxylic acids is 2. The zero-order valence-electron chi connectivity index (χ0n) is 9.77. The molecule has 0 spiro atoms. The van der Waals surface area contributed by atoms with Crippen LogP contribution < -0.4 is 10.6 Å². The maximum absolute atomic E-state index is 12.6. The first-order valence-electron chi connectivity index (χ1n) is 5.08. The Morgan fingerprint density at radius 2 is 1.95 bits per heavy atom. The normalized spacial score (nSPS) is 11.0. The van der Waals surface area contributed by atoms with E-state index >= 15 is 0 Å². The number of hydrogen-bond acceptors (Lipinski definition) is 2. The summed E-state index contributed by atoms with van der Waals surface area (Å²) >= 11 is 5.16. The average molecular weight is 295 g/mol. The van der Waals surface area contributed by atoms with Crippen molar-refractivity contribution in [2.75, 3.05) is 11.2 Å². The van der Waals surface area contributed by atoms with Gasteiger partial charge in [0.05, 0.1) is 5.56 Å². The Bertz CT molecular complexity index is 503. The monoisotopic (exact) mass is 294 g/mol. The Kier molecular flexibility index (Phi) is 4.77. The predicted octanol–water partition coefficient (Wildman–Crippen LogP) is 2.90. The summed E-state index contributed by atoms with van der Waals surface area (Å²) in [7, 11) is 0. The van der Waals surface area contributed by atoms with Gasteiger partial charge in [0.15, 0.2) is 0 Å². The molecule has 0 saturated heterocycles. The molecule has 0 bridgehead atoms. The highest BCUT2D eigenvalue weighted by Crippen LogP contribution is 2.33. The van der Waals surface area contributed by atoms with E-state index in [1.54, 1.807) is 0 Å². The van der Waals surface area contributed by atoms with Gasteiger partial charge < -0.3 is 5.32 Å². The van der Waals surface area contributed by atoms with Crippen molar-refractivity contribution < 1.29 is 22.8 Å². The van der Waals surface area contributed by atoms with Gasteiger partial charge in [-0.15, -0.1) is 11.6 Å². The van der Waals surface area contributed by atoms with Crippen molar-refractivity contribution in [3.8, 4) is 0 Å². The lowest BCUT2D eigenvalue weighted by atomic mass is 10.1. The van der Waals surface area contributed by atoms with Gasteiger partial charge in [0.1, 0.15) is 5.88 Å². The van der Waals surface area contributed by atoms with Crippen LogP contribution in [0.3, 0.4) is 0 Å². The molecule has 0 aromatic heterocycles. The average Bonchev–Trinajstić information content (AvgIpc) is 2.29. The van der Waals surface area contributed by atoms with Crippen molar-refractivity contribution in [2.24, 2.45) is 0 Å².